The molecule has 0 saturated carbocycles. The summed E-state index contributed by atoms with van der Waals surface area (Å²) in [6.45, 7) is 10.7. The number of hydrogen-bond acceptors (Lipinski definition) is 16. The van der Waals surface area contributed by atoms with Gasteiger partial charge < -0.3 is 57.8 Å². The van der Waals surface area contributed by atoms with Gasteiger partial charge in [0, 0.05) is 18.5 Å². The molecule has 1 aromatic carbocycles. The lowest BCUT2D eigenvalue weighted by molar-refractivity contribution is -0.138. The number of carboxylic acids is 1. The summed E-state index contributed by atoms with van der Waals surface area (Å²) in [5, 5.41) is 27.2. The van der Waals surface area contributed by atoms with Crippen molar-refractivity contribution >= 4 is 11.9 Å². The Bertz CT molecular complexity index is 1150. The van der Waals surface area contributed by atoms with Crippen LogP contribution in [0.15, 0.2) is 24.3 Å². The van der Waals surface area contributed by atoms with Gasteiger partial charge in [0.15, 0.2) is 5.82 Å². The number of nitrogens with zero attached hydrogens (tertiary/aromatic N) is 4. The molecule has 0 aliphatic heterocycles. The van der Waals surface area contributed by atoms with Crippen molar-refractivity contribution in [2.24, 2.45) is 0 Å². The highest BCUT2D eigenvalue weighted by atomic mass is 16.6. The van der Waals surface area contributed by atoms with Crippen LogP contribution in [0, 0.1) is 6.92 Å². The van der Waals surface area contributed by atoms with E-state index in [9.17, 15) is 9.59 Å². The van der Waals surface area contributed by atoms with Crippen molar-refractivity contribution in [1.82, 2.24) is 25.7 Å². The number of hydrogen-bond donors (Lipinski definition) is 2. The van der Waals surface area contributed by atoms with Crippen LogP contribution < -0.4 is 5.32 Å². The van der Waals surface area contributed by atoms with E-state index in [2.05, 4.69) is 25.7 Å². The first-order chi connectivity index (χ1) is 25.5. The Kier molecular flexibility index (Phi) is 27.9. The normalized spacial score (nSPS) is 11.2. The second-order valence-electron chi connectivity index (χ2n) is 10.8. The number of aromatic nitrogens is 4. The molecule has 2 N–H and O–H groups in total. The zero-order valence-corrected chi connectivity index (χ0v) is 30.2. The molecule has 0 unspecified atom stereocenters. The summed E-state index contributed by atoms with van der Waals surface area (Å²) in [4.78, 5) is 22.4. The lowest BCUT2D eigenvalue weighted by Crippen LogP contribution is -2.24. The Morgan fingerprint density at radius 3 is 1.17 bits per heavy atom. The highest BCUT2D eigenvalue weighted by Crippen LogP contribution is 2.14. The number of aryl methyl sites for hydroxylation is 1. The molecule has 1 aromatic heterocycles. The minimum Gasteiger partial charge on any atom is -0.481 e. The third-order valence-corrected chi connectivity index (χ3v) is 6.56. The maximum atomic E-state index is 12.1. The molecular formula is C34H55N5O13. The van der Waals surface area contributed by atoms with Gasteiger partial charge in [0.2, 0.25) is 11.7 Å². The third-order valence-electron chi connectivity index (χ3n) is 6.56. The molecule has 1 heterocycles. The highest BCUT2D eigenvalue weighted by Gasteiger charge is 2.05. The zero-order valence-electron chi connectivity index (χ0n) is 30.2. The Labute approximate surface area is 305 Å². The molecule has 0 fully saturated rings. The summed E-state index contributed by atoms with van der Waals surface area (Å²) in [5.74, 6) is -0.00422. The van der Waals surface area contributed by atoms with Gasteiger partial charge in [-0.25, -0.2) is 0 Å². The van der Waals surface area contributed by atoms with E-state index in [0.717, 1.165) is 11.1 Å². The standard InChI is InChI=1S/C34H55N5O13/c1-29-36-38-34(39-37-29)31-4-2-30(3-5-31)28-35-32(40)6-8-43-10-12-45-14-16-47-18-20-49-22-24-51-26-27-52-25-23-50-21-19-48-17-15-46-13-11-44-9-7-33(41)42/h2-5H,6-28H2,1H3,(H,35,40)(H,41,42). The molecular weight excluding hydrogens is 686 g/mol. The van der Waals surface area contributed by atoms with Gasteiger partial charge in [-0.05, 0) is 12.5 Å². The number of amides is 1. The number of ether oxygens (including phenoxy) is 10. The van der Waals surface area contributed by atoms with E-state index in [1.165, 1.54) is 0 Å². The summed E-state index contributed by atoms with van der Waals surface area (Å²) in [5.41, 5.74) is 1.76. The molecule has 1 amide bonds. The molecule has 0 bridgehead atoms. The predicted octanol–water partition coefficient (Wildman–Crippen LogP) is 0.889. The van der Waals surface area contributed by atoms with Crippen molar-refractivity contribution in [2.75, 3.05) is 132 Å². The fraction of sp³-hybridized carbons (Fsp3) is 0.706. The van der Waals surface area contributed by atoms with Crippen LogP contribution in [-0.4, -0.2) is 170 Å². The number of carboxylic acid groups (broad SMARTS) is 1. The minimum absolute atomic E-state index is 0.00855. The molecule has 2 rings (SSSR count). The number of benzene rings is 1. The van der Waals surface area contributed by atoms with E-state index >= 15 is 0 Å². The predicted molar refractivity (Wildman–Crippen MR) is 185 cm³/mol. The fourth-order valence-corrected chi connectivity index (χ4v) is 3.86. The number of aliphatic carboxylic acids is 1. The molecule has 0 saturated heterocycles. The largest absolute Gasteiger partial charge is 0.481 e. The van der Waals surface area contributed by atoms with E-state index in [-0.39, 0.29) is 25.4 Å². The van der Waals surface area contributed by atoms with Gasteiger partial charge in [0.05, 0.1) is 139 Å². The molecule has 18 heteroatoms. The SMILES string of the molecule is Cc1nnc(-c2ccc(CNC(=O)CCOCCOCCOCCOCCOCCOCCOCCOCCOCCOCCC(=O)O)cc2)nn1. The molecule has 0 atom stereocenters. The topological polar surface area (TPSA) is 210 Å². The average molecular weight is 742 g/mol. The average Bonchev–Trinajstić information content (AvgIpc) is 3.15. The first kappa shape index (κ1) is 44.9. The number of rotatable bonds is 36. The summed E-state index contributed by atoms with van der Waals surface area (Å²) in [6, 6.07) is 7.54. The van der Waals surface area contributed by atoms with Gasteiger partial charge >= 0.3 is 5.97 Å². The highest BCUT2D eigenvalue weighted by molar-refractivity contribution is 5.76. The van der Waals surface area contributed by atoms with Crippen molar-refractivity contribution in [2.45, 2.75) is 26.3 Å². The monoisotopic (exact) mass is 741 g/mol. The van der Waals surface area contributed by atoms with Gasteiger partial charge in [-0.1, -0.05) is 24.3 Å². The van der Waals surface area contributed by atoms with Crippen molar-refractivity contribution in [3.05, 3.63) is 35.7 Å². The minimum atomic E-state index is -0.879. The van der Waals surface area contributed by atoms with Crippen LogP contribution in [0.4, 0.5) is 0 Å². The summed E-state index contributed by atoms with van der Waals surface area (Å²) in [6.07, 6.45) is 0.256. The molecule has 2 aromatic rings. The van der Waals surface area contributed by atoms with Gasteiger partial charge in [-0.15, -0.1) is 20.4 Å². The lowest BCUT2D eigenvalue weighted by Gasteiger charge is -2.09. The van der Waals surface area contributed by atoms with Crippen LogP contribution in [0.3, 0.4) is 0 Å². The molecule has 0 spiro atoms. The van der Waals surface area contributed by atoms with Crippen LogP contribution in [0.5, 0.6) is 0 Å². The van der Waals surface area contributed by atoms with Crippen molar-refractivity contribution in [3.63, 3.8) is 0 Å². The Hall–Kier alpha value is -3.30. The summed E-state index contributed by atoms with van der Waals surface area (Å²) in [7, 11) is 0. The van der Waals surface area contributed by atoms with E-state index < -0.39 is 5.97 Å². The second-order valence-corrected chi connectivity index (χ2v) is 10.8. The van der Waals surface area contributed by atoms with Crippen LogP contribution in [-0.2, 0) is 63.5 Å². The quantitative estimate of drug-likeness (QED) is 0.0929. The lowest BCUT2D eigenvalue weighted by atomic mass is 10.1. The van der Waals surface area contributed by atoms with Gasteiger partial charge in [0.25, 0.3) is 0 Å². The van der Waals surface area contributed by atoms with E-state index in [4.69, 9.17) is 52.5 Å². The second kappa shape index (κ2) is 32.4. The molecule has 0 aliphatic rings. The molecule has 18 nitrogen and oxygen atoms in total. The first-order valence-electron chi connectivity index (χ1n) is 17.4. The zero-order chi connectivity index (χ0) is 37.2. The van der Waals surface area contributed by atoms with E-state index in [1.54, 1.807) is 6.92 Å². The summed E-state index contributed by atoms with van der Waals surface area (Å²) < 4.78 is 54.1. The van der Waals surface area contributed by atoms with Gasteiger partial charge in [-0.2, -0.15) is 0 Å². The van der Waals surface area contributed by atoms with Crippen molar-refractivity contribution < 1.29 is 62.1 Å². The molecule has 294 valence electrons. The van der Waals surface area contributed by atoms with Gasteiger partial charge in [-0.3, -0.25) is 9.59 Å². The first-order valence-corrected chi connectivity index (χ1v) is 17.4. The number of carbonyl (C=O) groups is 2. The smallest absolute Gasteiger partial charge is 0.305 e. The molecule has 0 radical (unpaired) electrons. The number of carbonyl (C=O) groups excluding carboxylic acids is 1. The Balaban J connectivity index is 1.21. The van der Waals surface area contributed by atoms with Crippen LogP contribution in [0.2, 0.25) is 0 Å². The van der Waals surface area contributed by atoms with Crippen molar-refractivity contribution in [1.29, 1.82) is 0 Å². The molecule has 52 heavy (non-hydrogen) atoms. The maximum absolute atomic E-state index is 12.1. The van der Waals surface area contributed by atoms with Crippen LogP contribution >= 0.6 is 0 Å². The Morgan fingerprint density at radius 2 is 0.827 bits per heavy atom. The fourth-order valence-electron chi connectivity index (χ4n) is 3.86. The Morgan fingerprint density at radius 1 is 0.500 bits per heavy atom. The van der Waals surface area contributed by atoms with Gasteiger partial charge in [0.1, 0.15) is 0 Å². The van der Waals surface area contributed by atoms with Crippen LogP contribution in [0.25, 0.3) is 11.4 Å². The van der Waals surface area contributed by atoms with E-state index in [0.29, 0.717) is 144 Å². The van der Waals surface area contributed by atoms with Crippen molar-refractivity contribution in [3.8, 4) is 11.4 Å². The van der Waals surface area contributed by atoms with Crippen LogP contribution in [0.1, 0.15) is 24.2 Å². The van der Waals surface area contributed by atoms with E-state index in [1.807, 2.05) is 24.3 Å². The maximum Gasteiger partial charge on any atom is 0.305 e. The third kappa shape index (κ3) is 26.5. The number of nitrogens with one attached hydrogen (secondary N) is 1. The summed E-state index contributed by atoms with van der Waals surface area (Å²) >= 11 is 0. The molecule has 0 aliphatic carbocycles.